The van der Waals surface area contributed by atoms with Gasteiger partial charge in [-0.05, 0) is 13.3 Å². The predicted molar refractivity (Wildman–Crippen MR) is 163 cm³/mol. The molecule has 0 unspecified atom stereocenters. The van der Waals surface area contributed by atoms with Gasteiger partial charge in [-0.3, -0.25) is 4.79 Å². The van der Waals surface area contributed by atoms with Crippen LogP contribution in [0.4, 0.5) is 0 Å². The Morgan fingerprint density at radius 2 is 0.667 bits per heavy atom. The van der Waals surface area contributed by atoms with Crippen LogP contribution in [0.25, 0.3) is 0 Å². The van der Waals surface area contributed by atoms with Crippen molar-refractivity contribution in [1.29, 1.82) is 0 Å². The van der Waals surface area contributed by atoms with Crippen molar-refractivity contribution >= 4 is 5.91 Å². The molecular weight excluding hydrogens is 438 g/mol. The fraction of sp³-hybridized carbons (Fsp3) is 0.912. The van der Waals surface area contributed by atoms with Crippen molar-refractivity contribution in [2.45, 2.75) is 194 Å². The zero-order valence-electron chi connectivity index (χ0n) is 25.1. The fourth-order valence-corrected chi connectivity index (χ4v) is 5.15. The number of rotatable bonds is 30. The van der Waals surface area contributed by atoms with Gasteiger partial charge in [0, 0.05) is 12.1 Å². The summed E-state index contributed by atoms with van der Waals surface area (Å²) < 4.78 is 0. The van der Waals surface area contributed by atoms with E-state index in [1.165, 1.54) is 173 Å². The largest absolute Gasteiger partial charge is 0.352 e. The quantitative estimate of drug-likeness (QED) is 0.0763. The van der Waals surface area contributed by atoms with Crippen molar-refractivity contribution in [3.05, 3.63) is 12.2 Å². The zero-order chi connectivity index (χ0) is 26.4. The molecular formula is C34H67NO. The number of unbranched alkanes of at least 4 members (excludes halogenated alkanes) is 27. The SMILES string of the molecule is C=C(C)C(=O)NCCCCCCCCCCCCCCCCCCCCCCCCCCCCCC. The average Bonchev–Trinajstić information content (AvgIpc) is 2.87. The first-order valence-electron chi connectivity index (χ1n) is 16.6. The second-order valence-corrected chi connectivity index (χ2v) is 11.6. The van der Waals surface area contributed by atoms with Crippen molar-refractivity contribution in [2.75, 3.05) is 6.54 Å². The molecule has 0 rings (SSSR count). The van der Waals surface area contributed by atoms with Crippen molar-refractivity contribution in [3.63, 3.8) is 0 Å². The van der Waals surface area contributed by atoms with Crippen LogP contribution in [-0.4, -0.2) is 12.5 Å². The number of carbonyl (C=O) groups is 1. The fourth-order valence-electron chi connectivity index (χ4n) is 5.15. The van der Waals surface area contributed by atoms with E-state index in [1.807, 2.05) is 0 Å². The van der Waals surface area contributed by atoms with Gasteiger partial charge in [0.2, 0.25) is 5.91 Å². The lowest BCUT2D eigenvalue weighted by molar-refractivity contribution is -0.117. The van der Waals surface area contributed by atoms with Crippen molar-refractivity contribution < 1.29 is 4.79 Å². The van der Waals surface area contributed by atoms with E-state index in [2.05, 4.69) is 18.8 Å². The molecule has 0 radical (unpaired) electrons. The Bertz CT molecular complexity index is 458. The maximum atomic E-state index is 11.4. The van der Waals surface area contributed by atoms with E-state index in [4.69, 9.17) is 0 Å². The van der Waals surface area contributed by atoms with E-state index in [0.29, 0.717) is 5.57 Å². The molecule has 0 aromatic heterocycles. The van der Waals surface area contributed by atoms with Crippen molar-refractivity contribution in [2.24, 2.45) is 0 Å². The summed E-state index contributed by atoms with van der Waals surface area (Å²) in [6, 6.07) is 0. The molecule has 0 aromatic carbocycles. The molecule has 2 heteroatoms. The van der Waals surface area contributed by atoms with Gasteiger partial charge in [0.1, 0.15) is 0 Å². The van der Waals surface area contributed by atoms with E-state index in [9.17, 15) is 4.79 Å². The Labute approximate surface area is 228 Å². The molecule has 0 saturated heterocycles. The highest BCUT2D eigenvalue weighted by Crippen LogP contribution is 2.16. The Hall–Kier alpha value is -0.790. The highest BCUT2D eigenvalue weighted by Gasteiger charge is 2.00. The molecule has 0 aliphatic carbocycles. The van der Waals surface area contributed by atoms with Gasteiger partial charge in [-0.15, -0.1) is 0 Å². The molecule has 1 amide bonds. The summed E-state index contributed by atoms with van der Waals surface area (Å²) in [5, 5.41) is 2.91. The van der Waals surface area contributed by atoms with Crippen LogP contribution in [0.1, 0.15) is 194 Å². The first-order chi connectivity index (χ1) is 17.7. The van der Waals surface area contributed by atoms with Crippen LogP contribution in [0.2, 0.25) is 0 Å². The van der Waals surface area contributed by atoms with Gasteiger partial charge in [-0.1, -0.05) is 187 Å². The topological polar surface area (TPSA) is 29.1 Å². The molecule has 0 bridgehead atoms. The second kappa shape index (κ2) is 30.4. The van der Waals surface area contributed by atoms with Gasteiger partial charge in [0.05, 0.1) is 0 Å². The van der Waals surface area contributed by atoms with E-state index >= 15 is 0 Å². The van der Waals surface area contributed by atoms with Crippen LogP contribution in [0, 0.1) is 0 Å². The summed E-state index contributed by atoms with van der Waals surface area (Å²) in [4.78, 5) is 11.4. The number of amides is 1. The number of hydrogen-bond donors (Lipinski definition) is 1. The van der Waals surface area contributed by atoms with Crippen molar-refractivity contribution in [3.8, 4) is 0 Å². The third-order valence-corrected chi connectivity index (χ3v) is 7.70. The second-order valence-electron chi connectivity index (χ2n) is 11.6. The minimum absolute atomic E-state index is 0.0000211. The first kappa shape index (κ1) is 35.2. The molecule has 0 saturated carbocycles. The van der Waals surface area contributed by atoms with Gasteiger partial charge in [0.15, 0.2) is 0 Å². The summed E-state index contributed by atoms with van der Waals surface area (Å²) in [5.74, 6) is 0.0000211. The predicted octanol–water partition coefficient (Wildman–Crippen LogP) is 11.6. The normalized spacial score (nSPS) is 11.2. The monoisotopic (exact) mass is 506 g/mol. The molecule has 0 aliphatic rings. The van der Waals surface area contributed by atoms with Crippen LogP contribution in [0.3, 0.4) is 0 Å². The third-order valence-electron chi connectivity index (χ3n) is 7.70. The molecule has 0 spiro atoms. The number of nitrogens with one attached hydrogen (secondary N) is 1. The van der Waals surface area contributed by atoms with E-state index in [-0.39, 0.29) is 5.91 Å². The third kappa shape index (κ3) is 29.4. The van der Waals surface area contributed by atoms with E-state index in [1.54, 1.807) is 6.92 Å². The lowest BCUT2D eigenvalue weighted by atomic mass is 10.0. The van der Waals surface area contributed by atoms with Gasteiger partial charge in [-0.25, -0.2) is 0 Å². The Morgan fingerprint density at radius 3 is 0.889 bits per heavy atom. The maximum Gasteiger partial charge on any atom is 0.246 e. The van der Waals surface area contributed by atoms with Crippen LogP contribution in [-0.2, 0) is 4.79 Å². The Kier molecular flexibility index (Phi) is 29.8. The Morgan fingerprint density at radius 1 is 0.444 bits per heavy atom. The van der Waals surface area contributed by atoms with E-state index < -0.39 is 0 Å². The average molecular weight is 506 g/mol. The Balaban J connectivity index is 3.05. The molecule has 0 aliphatic heterocycles. The minimum atomic E-state index is 0.0000211. The summed E-state index contributed by atoms with van der Waals surface area (Å²) in [6.07, 6.45) is 39.9. The van der Waals surface area contributed by atoms with Gasteiger partial charge in [0.25, 0.3) is 0 Å². The lowest BCUT2D eigenvalue weighted by Gasteiger charge is -2.05. The minimum Gasteiger partial charge on any atom is -0.352 e. The highest BCUT2D eigenvalue weighted by molar-refractivity contribution is 5.91. The standard InChI is InChI=1S/C34H67NO/c1-4-5-6-7-8-9-10-11-12-13-14-15-16-17-18-19-20-21-22-23-24-25-26-27-28-29-30-31-32-35-34(36)33(2)3/h2,4-32H2,1,3H3,(H,35,36). The van der Waals surface area contributed by atoms with Crippen LogP contribution in [0.5, 0.6) is 0 Å². The zero-order valence-corrected chi connectivity index (χ0v) is 25.1. The van der Waals surface area contributed by atoms with Crippen LogP contribution < -0.4 is 5.32 Å². The maximum absolute atomic E-state index is 11.4. The summed E-state index contributed by atoms with van der Waals surface area (Å²) >= 11 is 0. The van der Waals surface area contributed by atoms with Gasteiger partial charge < -0.3 is 5.32 Å². The number of hydrogen-bond acceptors (Lipinski definition) is 1. The molecule has 214 valence electrons. The number of carbonyl (C=O) groups excluding carboxylic acids is 1. The lowest BCUT2D eigenvalue weighted by Crippen LogP contribution is -2.24. The first-order valence-corrected chi connectivity index (χ1v) is 16.6. The summed E-state index contributed by atoms with van der Waals surface area (Å²) in [6.45, 7) is 8.52. The van der Waals surface area contributed by atoms with Crippen LogP contribution in [0.15, 0.2) is 12.2 Å². The van der Waals surface area contributed by atoms with Gasteiger partial charge in [-0.2, -0.15) is 0 Å². The summed E-state index contributed by atoms with van der Waals surface area (Å²) in [5.41, 5.74) is 0.607. The molecule has 36 heavy (non-hydrogen) atoms. The molecule has 0 heterocycles. The molecule has 0 fully saturated rings. The smallest absolute Gasteiger partial charge is 0.246 e. The highest BCUT2D eigenvalue weighted by atomic mass is 16.1. The van der Waals surface area contributed by atoms with E-state index in [0.717, 1.165) is 13.0 Å². The van der Waals surface area contributed by atoms with Crippen LogP contribution >= 0.6 is 0 Å². The van der Waals surface area contributed by atoms with Crippen molar-refractivity contribution in [1.82, 2.24) is 5.32 Å². The molecule has 2 nitrogen and oxygen atoms in total. The molecule has 0 aromatic rings. The summed E-state index contributed by atoms with van der Waals surface area (Å²) in [7, 11) is 0. The molecule has 1 N–H and O–H groups in total. The molecule has 0 atom stereocenters. The van der Waals surface area contributed by atoms with Gasteiger partial charge >= 0.3 is 0 Å².